The van der Waals surface area contributed by atoms with Crippen molar-refractivity contribution in [3.63, 3.8) is 0 Å². The second kappa shape index (κ2) is 7.62. The third kappa shape index (κ3) is 3.93. The highest BCUT2D eigenvalue weighted by atomic mass is 32.1. The van der Waals surface area contributed by atoms with Gasteiger partial charge in [0, 0.05) is 17.3 Å². The molecule has 1 aliphatic rings. The van der Waals surface area contributed by atoms with E-state index in [2.05, 4.69) is 25.3 Å². The molecule has 1 aromatic carbocycles. The van der Waals surface area contributed by atoms with Crippen LogP contribution in [0.1, 0.15) is 17.7 Å². The van der Waals surface area contributed by atoms with Gasteiger partial charge in [-0.1, -0.05) is 11.3 Å². The fourth-order valence-electron chi connectivity index (χ4n) is 4.05. The van der Waals surface area contributed by atoms with Crippen LogP contribution in [0.5, 0.6) is 0 Å². The number of alkyl halides is 3. The first kappa shape index (κ1) is 20.5. The Morgan fingerprint density at radius 2 is 2.09 bits per heavy atom. The Morgan fingerprint density at radius 1 is 1.25 bits per heavy atom. The maximum Gasteiger partial charge on any atom is 0.405 e. The van der Waals surface area contributed by atoms with E-state index in [1.807, 2.05) is 17.4 Å². The van der Waals surface area contributed by atoms with E-state index in [0.29, 0.717) is 36.1 Å². The number of thiazole rings is 1. The normalized spacial score (nSPS) is 16.3. The first-order valence-electron chi connectivity index (χ1n) is 9.85. The van der Waals surface area contributed by atoms with Crippen LogP contribution in [0.2, 0.25) is 0 Å². The number of anilines is 2. The highest BCUT2D eigenvalue weighted by Crippen LogP contribution is 2.35. The van der Waals surface area contributed by atoms with E-state index in [1.54, 1.807) is 6.07 Å². The lowest BCUT2D eigenvalue weighted by Gasteiger charge is -2.22. The topological polar surface area (TPSA) is 116 Å². The van der Waals surface area contributed by atoms with E-state index >= 15 is 0 Å². The molecule has 166 valence electrons. The summed E-state index contributed by atoms with van der Waals surface area (Å²) in [4.78, 5) is 38.4. The molecular weight excluding hydrogens is 445 g/mol. The van der Waals surface area contributed by atoms with Crippen LogP contribution in [0, 0.1) is 5.92 Å². The van der Waals surface area contributed by atoms with Crippen LogP contribution in [-0.4, -0.2) is 38.6 Å². The van der Waals surface area contributed by atoms with Crippen molar-refractivity contribution in [2.45, 2.75) is 25.4 Å². The summed E-state index contributed by atoms with van der Waals surface area (Å²) in [5.74, 6) is -0.655. The molecule has 1 atom stereocenters. The maximum atomic E-state index is 12.5. The second-order valence-corrected chi connectivity index (χ2v) is 8.67. The predicted molar refractivity (Wildman–Crippen MR) is 114 cm³/mol. The van der Waals surface area contributed by atoms with Gasteiger partial charge in [0.1, 0.15) is 24.3 Å². The van der Waals surface area contributed by atoms with E-state index in [-0.39, 0.29) is 4.87 Å². The molecule has 1 unspecified atom stereocenters. The van der Waals surface area contributed by atoms with Crippen LogP contribution in [-0.2, 0) is 17.6 Å². The monoisotopic (exact) mass is 462 g/mol. The van der Waals surface area contributed by atoms with E-state index < -0.39 is 24.5 Å². The van der Waals surface area contributed by atoms with E-state index in [1.165, 1.54) is 6.33 Å². The number of H-pyrrole nitrogens is 2. The number of hydrogen-bond donors (Lipinski definition) is 4. The largest absolute Gasteiger partial charge is 0.405 e. The quantitative estimate of drug-likeness (QED) is 0.371. The average molecular weight is 462 g/mol. The summed E-state index contributed by atoms with van der Waals surface area (Å²) in [7, 11) is 0. The van der Waals surface area contributed by atoms with Crippen molar-refractivity contribution in [2.24, 2.45) is 5.92 Å². The van der Waals surface area contributed by atoms with Gasteiger partial charge in [0.15, 0.2) is 0 Å². The van der Waals surface area contributed by atoms with Gasteiger partial charge in [-0.05, 0) is 43.0 Å². The predicted octanol–water partition coefficient (Wildman–Crippen LogP) is 3.39. The van der Waals surface area contributed by atoms with Crippen LogP contribution >= 0.6 is 11.3 Å². The zero-order valence-electron chi connectivity index (χ0n) is 16.5. The fourth-order valence-corrected chi connectivity index (χ4v) is 4.83. The fraction of sp³-hybridized carbons (Fsp3) is 0.300. The number of carbonyl (C=O) groups excluding carboxylic acids is 1. The molecule has 5 rings (SSSR count). The van der Waals surface area contributed by atoms with E-state index in [0.717, 1.165) is 38.5 Å². The molecule has 8 nitrogen and oxygen atoms in total. The van der Waals surface area contributed by atoms with E-state index in [4.69, 9.17) is 0 Å². The third-order valence-electron chi connectivity index (χ3n) is 5.49. The Balaban J connectivity index is 1.45. The zero-order chi connectivity index (χ0) is 22.5. The van der Waals surface area contributed by atoms with Gasteiger partial charge in [-0.25, -0.2) is 9.97 Å². The molecule has 0 bridgehead atoms. The van der Waals surface area contributed by atoms with E-state index in [9.17, 15) is 22.8 Å². The summed E-state index contributed by atoms with van der Waals surface area (Å²) >= 11 is 1.10. The van der Waals surface area contributed by atoms with Crippen LogP contribution in [0.15, 0.2) is 29.3 Å². The number of benzene rings is 1. The van der Waals surface area contributed by atoms with Crippen molar-refractivity contribution in [3.05, 3.63) is 45.5 Å². The molecule has 3 heterocycles. The summed E-state index contributed by atoms with van der Waals surface area (Å²) < 4.78 is 38.2. The number of carbonyl (C=O) groups is 1. The number of halogens is 3. The molecule has 1 aliphatic carbocycles. The van der Waals surface area contributed by atoms with Gasteiger partial charge < -0.3 is 20.6 Å². The minimum atomic E-state index is -4.45. The molecule has 4 aromatic rings. The van der Waals surface area contributed by atoms with Crippen molar-refractivity contribution < 1.29 is 18.0 Å². The Morgan fingerprint density at radius 3 is 2.91 bits per heavy atom. The van der Waals surface area contributed by atoms with Crippen LogP contribution in [0.4, 0.5) is 24.7 Å². The number of amides is 1. The lowest BCUT2D eigenvalue weighted by atomic mass is 9.86. The molecule has 1 amide bonds. The molecule has 0 saturated carbocycles. The molecule has 0 fully saturated rings. The number of fused-ring (bicyclic) bond motifs is 4. The number of nitrogens with zero attached hydrogens (tertiary/aromatic N) is 2. The number of aromatic amines is 2. The third-order valence-corrected chi connectivity index (χ3v) is 6.34. The molecule has 3 aromatic heterocycles. The van der Waals surface area contributed by atoms with Gasteiger partial charge in [-0.2, -0.15) is 13.2 Å². The highest BCUT2D eigenvalue weighted by Gasteiger charge is 2.32. The second-order valence-electron chi connectivity index (χ2n) is 7.65. The SMILES string of the molecule is O=C(NCC(F)(F)F)C1CCc2[nH]c3ncnc(Nc4ccc5[nH]c(=O)sc5c4)c3c2C1. The van der Waals surface area contributed by atoms with Gasteiger partial charge in [-0.3, -0.25) is 9.59 Å². The molecule has 0 aliphatic heterocycles. The Hall–Kier alpha value is -3.41. The van der Waals surface area contributed by atoms with Crippen LogP contribution in [0.25, 0.3) is 21.3 Å². The maximum absolute atomic E-state index is 12.5. The van der Waals surface area contributed by atoms with Crippen molar-refractivity contribution in [1.82, 2.24) is 25.3 Å². The van der Waals surface area contributed by atoms with Crippen molar-refractivity contribution >= 4 is 50.0 Å². The lowest BCUT2D eigenvalue weighted by molar-refractivity contribution is -0.141. The lowest BCUT2D eigenvalue weighted by Crippen LogP contribution is -2.39. The van der Waals surface area contributed by atoms with Crippen LogP contribution < -0.4 is 15.5 Å². The molecular formula is C20H17F3N6O2S. The molecule has 0 saturated heterocycles. The first-order chi connectivity index (χ1) is 15.3. The molecule has 0 radical (unpaired) electrons. The van der Waals surface area contributed by atoms with Gasteiger partial charge in [0.05, 0.1) is 15.6 Å². The Bertz CT molecular complexity index is 1390. The van der Waals surface area contributed by atoms with Crippen molar-refractivity contribution in [3.8, 4) is 0 Å². The highest BCUT2D eigenvalue weighted by molar-refractivity contribution is 7.16. The van der Waals surface area contributed by atoms with Crippen molar-refractivity contribution in [1.29, 1.82) is 0 Å². The molecule has 4 N–H and O–H groups in total. The number of hydrogen-bond acceptors (Lipinski definition) is 6. The van der Waals surface area contributed by atoms with Crippen molar-refractivity contribution in [2.75, 3.05) is 11.9 Å². The first-order valence-corrected chi connectivity index (χ1v) is 10.7. The summed E-state index contributed by atoms with van der Waals surface area (Å²) in [5.41, 5.74) is 3.79. The average Bonchev–Trinajstić information content (AvgIpc) is 3.30. The molecule has 32 heavy (non-hydrogen) atoms. The summed E-state index contributed by atoms with van der Waals surface area (Å²) in [6.45, 7) is -1.34. The molecule has 12 heteroatoms. The summed E-state index contributed by atoms with van der Waals surface area (Å²) in [5, 5.41) is 5.94. The smallest absolute Gasteiger partial charge is 0.347 e. The number of nitrogens with one attached hydrogen (secondary N) is 4. The minimum absolute atomic E-state index is 0.142. The minimum Gasteiger partial charge on any atom is -0.347 e. The molecule has 0 spiro atoms. The number of aromatic nitrogens is 4. The van der Waals surface area contributed by atoms with Gasteiger partial charge in [0.2, 0.25) is 5.91 Å². The standard InChI is InChI=1S/C20H17F3N6O2S/c21-20(22,23)7-24-18(30)9-1-3-12-11(5-9)15-16(25-8-26-17(15)28-12)27-10-2-4-13-14(6-10)32-19(31)29-13/h2,4,6,8-9H,1,3,5,7H2,(H,24,30)(H,29,31)(H2,25,26,27,28). The zero-order valence-corrected chi connectivity index (χ0v) is 17.3. The van der Waals surface area contributed by atoms with Gasteiger partial charge >= 0.3 is 11.0 Å². The number of rotatable bonds is 4. The van der Waals surface area contributed by atoms with Gasteiger partial charge in [-0.15, -0.1) is 0 Å². The van der Waals surface area contributed by atoms with Crippen LogP contribution in [0.3, 0.4) is 0 Å². The number of aryl methyl sites for hydroxylation is 1. The van der Waals surface area contributed by atoms with Gasteiger partial charge in [0.25, 0.3) is 0 Å². The summed E-state index contributed by atoms with van der Waals surface area (Å²) in [6.07, 6.45) is -1.77. The Labute approximate surface area is 182 Å². The Kier molecular flexibility index (Phi) is 4.88. The summed E-state index contributed by atoms with van der Waals surface area (Å²) in [6, 6.07) is 5.44.